The van der Waals surface area contributed by atoms with E-state index >= 15 is 0 Å². The van der Waals surface area contributed by atoms with Gasteiger partial charge in [0.05, 0.1) is 18.0 Å². The minimum Gasteiger partial charge on any atom is -0.475 e. The van der Waals surface area contributed by atoms with E-state index in [4.69, 9.17) is 4.74 Å². The van der Waals surface area contributed by atoms with E-state index in [1.807, 2.05) is 74.5 Å². The second-order valence-corrected chi connectivity index (χ2v) is 7.14. The van der Waals surface area contributed by atoms with Gasteiger partial charge in [0.15, 0.2) is 0 Å². The quantitative estimate of drug-likeness (QED) is 0.530. The molecule has 4 heteroatoms. The van der Waals surface area contributed by atoms with Crippen molar-refractivity contribution in [1.29, 1.82) is 0 Å². The molecule has 0 aliphatic heterocycles. The summed E-state index contributed by atoms with van der Waals surface area (Å²) in [5.41, 5.74) is 1.55. The number of hydrogen-bond donors (Lipinski definition) is 1. The van der Waals surface area contributed by atoms with Gasteiger partial charge in [-0.15, -0.1) is 6.58 Å². The number of carbonyl (C=O) groups excluding carboxylic acids is 1. The third-order valence-corrected chi connectivity index (χ3v) is 4.72. The van der Waals surface area contributed by atoms with Crippen LogP contribution < -0.4 is 10.1 Å². The highest BCUT2D eigenvalue weighted by Gasteiger charge is 2.40. The largest absolute Gasteiger partial charge is 0.475 e. The number of aromatic nitrogens is 1. The topological polar surface area (TPSA) is 51.2 Å². The van der Waals surface area contributed by atoms with Gasteiger partial charge < -0.3 is 10.1 Å². The van der Waals surface area contributed by atoms with E-state index in [0.717, 1.165) is 11.1 Å². The van der Waals surface area contributed by atoms with Gasteiger partial charge in [0, 0.05) is 6.07 Å². The molecular formula is C25H26N2O2. The highest BCUT2D eigenvalue weighted by atomic mass is 16.5. The van der Waals surface area contributed by atoms with Crippen molar-refractivity contribution < 1.29 is 9.53 Å². The van der Waals surface area contributed by atoms with Crippen LogP contribution in [0.4, 0.5) is 5.69 Å². The number of hydrogen-bond acceptors (Lipinski definition) is 3. The molecule has 0 atom stereocenters. The van der Waals surface area contributed by atoms with Crippen molar-refractivity contribution >= 4 is 11.6 Å². The maximum absolute atomic E-state index is 13.7. The van der Waals surface area contributed by atoms with Crippen LogP contribution in [0.3, 0.4) is 0 Å². The number of anilines is 1. The molecule has 0 radical (unpaired) electrons. The summed E-state index contributed by atoms with van der Waals surface area (Å²) in [6.07, 6.45) is 3.91. The second-order valence-electron chi connectivity index (χ2n) is 7.14. The van der Waals surface area contributed by atoms with E-state index < -0.39 is 5.41 Å². The maximum Gasteiger partial charge on any atom is 0.239 e. The summed E-state index contributed by atoms with van der Waals surface area (Å²) in [6, 6.07) is 23.2. The van der Waals surface area contributed by atoms with Gasteiger partial charge in [-0.05, 0) is 37.5 Å². The van der Waals surface area contributed by atoms with E-state index in [9.17, 15) is 4.79 Å². The van der Waals surface area contributed by atoms with E-state index in [-0.39, 0.29) is 12.0 Å². The van der Waals surface area contributed by atoms with Gasteiger partial charge in [-0.3, -0.25) is 4.79 Å². The van der Waals surface area contributed by atoms with Gasteiger partial charge in [-0.1, -0.05) is 66.7 Å². The van der Waals surface area contributed by atoms with Crippen molar-refractivity contribution in [1.82, 2.24) is 4.98 Å². The number of allylic oxidation sites excluding steroid dienone is 1. The highest BCUT2D eigenvalue weighted by molar-refractivity contribution is 6.02. The summed E-state index contributed by atoms with van der Waals surface area (Å²) >= 11 is 0. The number of nitrogens with one attached hydrogen (secondary N) is 1. The summed E-state index contributed by atoms with van der Waals surface area (Å²) in [4.78, 5) is 18.0. The Labute approximate surface area is 172 Å². The number of ether oxygens (including phenoxy) is 1. The molecule has 1 amide bonds. The van der Waals surface area contributed by atoms with Crippen molar-refractivity contribution in [2.45, 2.75) is 31.8 Å². The zero-order valence-electron chi connectivity index (χ0n) is 16.8. The Morgan fingerprint density at radius 2 is 1.62 bits per heavy atom. The predicted molar refractivity (Wildman–Crippen MR) is 117 cm³/mol. The monoisotopic (exact) mass is 386 g/mol. The first kappa shape index (κ1) is 20.3. The second kappa shape index (κ2) is 9.20. The zero-order chi connectivity index (χ0) is 20.7. The van der Waals surface area contributed by atoms with Crippen LogP contribution in [0.1, 0.15) is 31.4 Å². The normalized spacial score (nSPS) is 11.1. The fourth-order valence-electron chi connectivity index (χ4n) is 3.42. The molecule has 3 rings (SSSR count). The fourth-order valence-corrected chi connectivity index (χ4v) is 3.42. The molecule has 0 fully saturated rings. The number of carbonyl (C=O) groups is 1. The minimum atomic E-state index is -0.891. The standard InChI is InChI=1S/C25H26N2O2/c1-4-17-25(20-11-7-5-8-12-20,21-13-9-6-10-14-21)24(28)27-22-15-16-23(26-18-22)29-19(2)3/h4-16,18-19H,1,17H2,2-3H3,(H,27,28). The fraction of sp³-hybridized carbons (Fsp3) is 0.200. The van der Waals surface area contributed by atoms with Crippen LogP contribution in [-0.4, -0.2) is 17.0 Å². The summed E-state index contributed by atoms with van der Waals surface area (Å²) < 4.78 is 5.58. The Hall–Kier alpha value is -3.40. The average molecular weight is 386 g/mol. The SMILES string of the molecule is C=CCC(C(=O)Nc1ccc(OC(C)C)nc1)(c1ccccc1)c1ccccc1. The summed E-state index contributed by atoms with van der Waals surface area (Å²) in [7, 11) is 0. The Kier molecular flexibility index (Phi) is 6.45. The van der Waals surface area contributed by atoms with Crippen molar-refractivity contribution in [3.8, 4) is 5.88 Å². The molecule has 3 aromatic rings. The third kappa shape index (κ3) is 4.54. The first-order valence-electron chi connectivity index (χ1n) is 9.72. The Morgan fingerprint density at radius 1 is 1.03 bits per heavy atom. The van der Waals surface area contributed by atoms with Crippen LogP contribution in [0.25, 0.3) is 0 Å². The molecular weight excluding hydrogens is 360 g/mol. The van der Waals surface area contributed by atoms with Crippen LogP contribution in [-0.2, 0) is 10.2 Å². The van der Waals surface area contributed by atoms with Crippen LogP contribution in [0.5, 0.6) is 5.88 Å². The lowest BCUT2D eigenvalue weighted by Crippen LogP contribution is -2.41. The molecule has 0 saturated carbocycles. The van der Waals surface area contributed by atoms with Crippen molar-refractivity contribution in [3.05, 3.63) is 103 Å². The lowest BCUT2D eigenvalue weighted by Gasteiger charge is -2.33. The smallest absolute Gasteiger partial charge is 0.239 e. The molecule has 0 aliphatic rings. The maximum atomic E-state index is 13.7. The highest BCUT2D eigenvalue weighted by Crippen LogP contribution is 2.37. The van der Waals surface area contributed by atoms with E-state index in [1.54, 1.807) is 24.4 Å². The Morgan fingerprint density at radius 3 is 2.07 bits per heavy atom. The summed E-state index contributed by atoms with van der Waals surface area (Å²) in [5.74, 6) is 0.399. The Bertz CT molecular complexity index is 896. The molecule has 2 aromatic carbocycles. The van der Waals surface area contributed by atoms with Gasteiger partial charge in [0.25, 0.3) is 0 Å². The average Bonchev–Trinajstić information content (AvgIpc) is 2.74. The van der Waals surface area contributed by atoms with E-state index in [2.05, 4.69) is 16.9 Å². The first-order chi connectivity index (χ1) is 14.1. The molecule has 1 aromatic heterocycles. The molecule has 0 bridgehead atoms. The minimum absolute atomic E-state index is 0.0411. The summed E-state index contributed by atoms with van der Waals surface area (Å²) in [5, 5.41) is 3.04. The lowest BCUT2D eigenvalue weighted by atomic mass is 9.71. The van der Waals surface area contributed by atoms with Crippen LogP contribution >= 0.6 is 0 Å². The van der Waals surface area contributed by atoms with Crippen LogP contribution in [0.2, 0.25) is 0 Å². The molecule has 1 heterocycles. The number of pyridine rings is 1. The first-order valence-corrected chi connectivity index (χ1v) is 9.72. The van der Waals surface area contributed by atoms with Crippen molar-refractivity contribution in [3.63, 3.8) is 0 Å². The van der Waals surface area contributed by atoms with Crippen molar-refractivity contribution in [2.75, 3.05) is 5.32 Å². The molecule has 29 heavy (non-hydrogen) atoms. The van der Waals surface area contributed by atoms with Gasteiger partial charge in [-0.2, -0.15) is 0 Å². The van der Waals surface area contributed by atoms with Gasteiger partial charge in [-0.25, -0.2) is 4.98 Å². The van der Waals surface area contributed by atoms with Crippen LogP contribution in [0.15, 0.2) is 91.6 Å². The Balaban J connectivity index is 1.99. The lowest BCUT2D eigenvalue weighted by molar-refractivity contribution is -0.120. The number of nitrogens with zero attached hydrogens (tertiary/aromatic N) is 1. The van der Waals surface area contributed by atoms with E-state index in [1.165, 1.54) is 0 Å². The van der Waals surface area contributed by atoms with Gasteiger partial charge >= 0.3 is 0 Å². The van der Waals surface area contributed by atoms with Crippen molar-refractivity contribution in [2.24, 2.45) is 0 Å². The number of amides is 1. The van der Waals surface area contributed by atoms with Crippen LogP contribution in [0, 0.1) is 0 Å². The van der Waals surface area contributed by atoms with E-state index in [0.29, 0.717) is 18.0 Å². The zero-order valence-corrected chi connectivity index (χ0v) is 16.8. The third-order valence-electron chi connectivity index (χ3n) is 4.72. The molecule has 1 N–H and O–H groups in total. The molecule has 0 aliphatic carbocycles. The van der Waals surface area contributed by atoms with Gasteiger partial charge in [0.2, 0.25) is 11.8 Å². The van der Waals surface area contributed by atoms with Gasteiger partial charge in [0.1, 0.15) is 5.41 Å². The number of benzene rings is 2. The molecule has 148 valence electrons. The molecule has 0 saturated heterocycles. The molecule has 0 unspecified atom stereocenters. The predicted octanol–water partition coefficient (Wildman–Crippen LogP) is 5.37. The number of rotatable bonds is 8. The molecule has 0 spiro atoms. The molecule has 4 nitrogen and oxygen atoms in total. The summed E-state index contributed by atoms with van der Waals surface area (Å²) in [6.45, 7) is 7.81.